The Hall–Kier alpha value is -0.370. The molecule has 2 rings (SSSR count). The lowest BCUT2D eigenvalue weighted by molar-refractivity contribution is 0.493. The smallest absolute Gasteiger partial charge is 0.194 e. The van der Waals surface area contributed by atoms with E-state index in [2.05, 4.69) is 38.1 Å². The molecule has 0 aliphatic carbocycles. The molecule has 3 nitrogen and oxygen atoms in total. The summed E-state index contributed by atoms with van der Waals surface area (Å²) in [6, 6.07) is 4.89. The van der Waals surface area contributed by atoms with Crippen molar-refractivity contribution < 1.29 is 4.39 Å². The fourth-order valence-corrected chi connectivity index (χ4v) is 2.74. The number of nitrogens with one attached hydrogen (secondary N) is 1. The molecule has 0 unspecified atom stereocenters. The minimum absolute atomic E-state index is 0. The van der Waals surface area contributed by atoms with Gasteiger partial charge in [0.25, 0.3) is 0 Å². The molecule has 0 spiro atoms. The molecule has 1 aromatic carbocycles. The number of guanidine groups is 1. The molecule has 1 aliphatic heterocycles. The number of benzene rings is 1. The third kappa shape index (κ3) is 5.20. The predicted molar refractivity (Wildman–Crippen MR) is 95.1 cm³/mol. The van der Waals surface area contributed by atoms with Crippen LogP contribution < -0.4 is 5.32 Å². The van der Waals surface area contributed by atoms with Crippen molar-refractivity contribution in [3.63, 3.8) is 0 Å². The standard InChI is InChI=1S/C14H19BrFN3.HI/c1-2-17-14(19-5-3-4-6-19)18-10-11-7-12(15)9-13(16)8-11;/h7-9H,2-6,10H2,1H3,(H,17,18);1H. The fraction of sp³-hybridized carbons (Fsp3) is 0.500. The van der Waals surface area contributed by atoms with E-state index in [4.69, 9.17) is 0 Å². The largest absolute Gasteiger partial charge is 0.357 e. The van der Waals surface area contributed by atoms with Crippen LogP contribution in [0.2, 0.25) is 0 Å². The van der Waals surface area contributed by atoms with Gasteiger partial charge in [-0.15, -0.1) is 24.0 Å². The summed E-state index contributed by atoms with van der Waals surface area (Å²) in [6.07, 6.45) is 2.44. The van der Waals surface area contributed by atoms with Crippen LogP contribution >= 0.6 is 39.9 Å². The Kier molecular flexibility index (Phi) is 7.79. The average Bonchev–Trinajstić information content (AvgIpc) is 2.87. The van der Waals surface area contributed by atoms with Crippen molar-refractivity contribution in [3.05, 3.63) is 34.1 Å². The number of hydrogen-bond donors (Lipinski definition) is 1. The molecule has 1 aliphatic rings. The van der Waals surface area contributed by atoms with Crippen LogP contribution in [-0.2, 0) is 6.54 Å². The average molecular weight is 456 g/mol. The van der Waals surface area contributed by atoms with Crippen molar-refractivity contribution >= 4 is 45.9 Å². The van der Waals surface area contributed by atoms with Gasteiger partial charge in [0.05, 0.1) is 6.54 Å². The highest BCUT2D eigenvalue weighted by Gasteiger charge is 2.15. The second-order valence-electron chi connectivity index (χ2n) is 4.64. The normalized spacial score (nSPS) is 15.2. The van der Waals surface area contributed by atoms with Gasteiger partial charge in [0.15, 0.2) is 5.96 Å². The quantitative estimate of drug-likeness (QED) is 0.426. The van der Waals surface area contributed by atoms with Gasteiger partial charge in [0, 0.05) is 24.1 Å². The molecule has 20 heavy (non-hydrogen) atoms. The molecule has 0 aromatic heterocycles. The van der Waals surface area contributed by atoms with Crippen molar-refractivity contribution in [2.45, 2.75) is 26.3 Å². The van der Waals surface area contributed by atoms with E-state index in [1.807, 2.05) is 6.07 Å². The Bertz CT molecular complexity index is 441. The Balaban J connectivity index is 0.00000200. The van der Waals surface area contributed by atoms with Crippen LogP contribution in [0.4, 0.5) is 4.39 Å². The van der Waals surface area contributed by atoms with E-state index >= 15 is 0 Å². The van der Waals surface area contributed by atoms with E-state index in [-0.39, 0.29) is 29.8 Å². The molecule has 1 saturated heterocycles. The first-order valence-electron chi connectivity index (χ1n) is 6.67. The van der Waals surface area contributed by atoms with Gasteiger partial charge >= 0.3 is 0 Å². The molecular formula is C14H20BrFIN3. The second-order valence-corrected chi connectivity index (χ2v) is 5.56. The predicted octanol–water partition coefficient (Wildman–Crippen LogP) is 3.77. The van der Waals surface area contributed by atoms with E-state index in [9.17, 15) is 4.39 Å². The van der Waals surface area contributed by atoms with E-state index in [1.165, 1.54) is 25.0 Å². The Morgan fingerprint density at radius 1 is 1.35 bits per heavy atom. The number of nitrogens with zero attached hydrogens (tertiary/aromatic N) is 2. The lowest BCUT2D eigenvalue weighted by Gasteiger charge is -2.20. The zero-order chi connectivity index (χ0) is 13.7. The highest BCUT2D eigenvalue weighted by atomic mass is 127. The van der Waals surface area contributed by atoms with E-state index < -0.39 is 0 Å². The SMILES string of the molecule is CCNC(=NCc1cc(F)cc(Br)c1)N1CCCC1.I. The van der Waals surface area contributed by atoms with E-state index in [0.29, 0.717) is 6.54 Å². The molecule has 1 aromatic rings. The Labute approximate surface area is 145 Å². The maximum absolute atomic E-state index is 13.3. The van der Waals surface area contributed by atoms with Gasteiger partial charge in [-0.2, -0.15) is 0 Å². The first-order chi connectivity index (χ1) is 9.19. The number of hydrogen-bond acceptors (Lipinski definition) is 1. The molecule has 0 atom stereocenters. The number of likely N-dealkylation sites (tertiary alicyclic amines) is 1. The van der Waals surface area contributed by atoms with Gasteiger partial charge in [0.1, 0.15) is 5.82 Å². The maximum Gasteiger partial charge on any atom is 0.194 e. The van der Waals surface area contributed by atoms with Crippen molar-refractivity contribution in [3.8, 4) is 0 Å². The van der Waals surface area contributed by atoms with Gasteiger partial charge in [-0.1, -0.05) is 15.9 Å². The second kappa shape index (κ2) is 8.81. The van der Waals surface area contributed by atoms with E-state index in [0.717, 1.165) is 35.6 Å². The Morgan fingerprint density at radius 3 is 2.65 bits per heavy atom. The summed E-state index contributed by atoms with van der Waals surface area (Å²) < 4.78 is 14.1. The zero-order valence-electron chi connectivity index (χ0n) is 11.5. The van der Waals surface area contributed by atoms with Crippen molar-refractivity contribution in [2.75, 3.05) is 19.6 Å². The van der Waals surface area contributed by atoms with Crippen LogP contribution in [0.5, 0.6) is 0 Å². The molecule has 112 valence electrons. The molecule has 0 radical (unpaired) electrons. The number of halogens is 3. The molecule has 1 fully saturated rings. The monoisotopic (exact) mass is 455 g/mol. The third-order valence-corrected chi connectivity index (χ3v) is 3.53. The minimum atomic E-state index is -0.231. The van der Waals surface area contributed by atoms with Crippen molar-refractivity contribution in [2.24, 2.45) is 4.99 Å². The summed E-state index contributed by atoms with van der Waals surface area (Å²) in [4.78, 5) is 6.85. The summed E-state index contributed by atoms with van der Waals surface area (Å²) in [6.45, 7) is 5.51. The van der Waals surface area contributed by atoms with Crippen molar-refractivity contribution in [1.82, 2.24) is 10.2 Å². The fourth-order valence-electron chi connectivity index (χ4n) is 2.22. The first-order valence-corrected chi connectivity index (χ1v) is 7.46. The highest BCUT2D eigenvalue weighted by Crippen LogP contribution is 2.16. The van der Waals surface area contributed by atoms with Crippen molar-refractivity contribution in [1.29, 1.82) is 0 Å². The lowest BCUT2D eigenvalue weighted by Crippen LogP contribution is -2.39. The maximum atomic E-state index is 13.3. The molecular weight excluding hydrogens is 436 g/mol. The molecule has 0 saturated carbocycles. The van der Waals surface area contributed by atoms with Crippen LogP contribution in [-0.4, -0.2) is 30.5 Å². The van der Waals surface area contributed by atoms with Crippen LogP contribution in [0.15, 0.2) is 27.7 Å². The zero-order valence-corrected chi connectivity index (χ0v) is 15.4. The summed E-state index contributed by atoms with van der Waals surface area (Å²) >= 11 is 3.30. The van der Waals surface area contributed by atoms with Crippen LogP contribution in [0, 0.1) is 5.82 Å². The summed E-state index contributed by atoms with van der Waals surface area (Å²) in [5.41, 5.74) is 0.876. The summed E-state index contributed by atoms with van der Waals surface area (Å²) in [5.74, 6) is 0.700. The van der Waals surface area contributed by atoms with Gasteiger partial charge in [-0.3, -0.25) is 0 Å². The van der Waals surface area contributed by atoms with E-state index in [1.54, 1.807) is 0 Å². The number of rotatable bonds is 3. The van der Waals surface area contributed by atoms with Crippen LogP contribution in [0.3, 0.4) is 0 Å². The van der Waals surface area contributed by atoms with Crippen LogP contribution in [0.25, 0.3) is 0 Å². The van der Waals surface area contributed by atoms with Gasteiger partial charge < -0.3 is 10.2 Å². The van der Waals surface area contributed by atoms with Gasteiger partial charge in [0.2, 0.25) is 0 Å². The topological polar surface area (TPSA) is 27.6 Å². The molecule has 0 bridgehead atoms. The molecule has 0 amide bonds. The molecule has 1 heterocycles. The highest BCUT2D eigenvalue weighted by molar-refractivity contribution is 14.0. The first kappa shape index (κ1) is 17.7. The Morgan fingerprint density at radius 2 is 2.05 bits per heavy atom. The molecule has 1 N–H and O–H groups in total. The third-order valence-electron chi connectivity index (χ3n) is 3.07. The number of aliphatic imine (C=N–C) groups is 1. The minimum Gasteiger partial charge on any atom is -0.357 e. The van der Waals surface area contributed by atoms with Gasteiger partial charge in [-0.05, 0) is 43.5 Å². The lowest BCUT2D eigenvalue weighted by atomic mass is 10.2. The van der Waals surface area contributed by atoms with Gasteiger partial charge in [-0.25, -0.2) is 9.38 Å². The van der Waals surface area contributed by atoms with Crippen LogP contribution in [0.1, 0.15) is 25.3 Å². The summed E-state index contributed by atoms with van der Waals surface area (Å²) in [5, 5.41) is 3.29. The molecule has 6 heteroatoms. The summed E-state index contributed by atoms with van der Waals surface area (Å²) in [7, 11) is 0.